The molecule has 0 aromatic heterocycles. The van der Waals surface area contributed by atoms with Crippen molar-refractivity contribution in [3.05, 3.63) is 0 Å². The van der Waals surface area contributed by atoms with Crippen LogP contribution in [0.15, 0.2) is 0 Å². The summed E-state index contributed by atoms with van der Waals surface area (Å²) in [6, 6.07) is 0. The van der Waals surface area contributed by atoms with Crippen LogP contribution in [0.2, 0.25) is 0 Å². The van der Waals surface area contributed by atoms with Crippen LogP contribution in [0.4, 0.5) is 8.78 Å². The number of alkyl halides is 2. The molecule has 2 rings (SSSR count). The molecule has 0 aromatic carbocycles. The Kier molecular flexibility index (Phi) is 3.20. The minimum atomic E-state index is -2.47. The van der Waals surface area contributed by atoms with Crippen molar-refractivity contribution >= 4 is 0 Å². The van der Waals surface area contributed by atoms with Gasteiger partial charge in [-0.1, -0.05) is 13.8 Å². The van der Waals surface area contributed by atoms with E-state index in [4.69, 9.17) is 14.2 Å². The highest BCUT2D eigenvalue weighted by Crippen LogP contribution is 2.41. The Morgan fingerprint density at radius 3 is 2.38 bits per heavy atom. The van der Waals surface area contributed by atoms with E-state index in [9.17, 15) is 8.78 Å². The summed E-state index contributed by atoms with van der Waals surface area (Å²) in [4.78, 5) is 0. The van der Waals surface area contributed by atoms with Crippen LogP contribution in [-0.4, -0.2) is 38.6 Å². The minimum Gasteiger partial charge on any atom is -0.381 e. The van der Waals surface area contributed by atoms with Gasteiger partial charge >= 0.3 is 0 Å². The molecule has 0 amide bonds. The second-order valence-corrected chi connectivity index (χ2v) is 5.32. The van der Waals surface area contributed by atoms with E-state index in [0.29, 0.717) is 26.2 Å². The van der Waals surface area contributed by atoms with Gasteiger partial charge in [-0.25, -0.2) is 8.78 Å². The van der Waals surface area contributed by atoms with Crippen LogP contribution in [0.5, 0.6) is 0 Å². The molecule has 16 heavy (non-hydrogen) atoms. The van der Waals surface area contributed by atoms with Crippen molar-refractivity contribution in [1.82, 2.24) is 0 Å². The molecule has 5 heteroatoms. The molecule has 0 radical (unpaired) electrons. The minimum absolute atomic E-state index is 0.0120. The average molecular weight is 236 g/mol. The summed E-state index contributed by atoms with van der Waals surface area (Å²) in [5.74, 6) is -2.10. The van der Waals surface area contributed by atoms with Crippen LogP contribution in [0, 0.1) is 11.3 Å². The number of hydrogen-bond donors (Lipinski definition) is 0. The normalized spacial score (nSPS) is 33.2. The van der Waals surface area contributed by atoms with Crippen molar-refractivity contribution in [1.29, 1.82) is 0 Å². The maximum Gasteiger partial charge on any atom is 0.248 e. The van der Waals surface area contributed by atoms with Gasteiger partial charge in [0.05, 0.1) is 32.3 Å². The van der Waals surface area contributed by atoms with Crippen LogP contribution < -0.4 is 0 Å². The van der Waals surface area contributed by atoms with Crippen molar-refractivity contribution < 1.29 is 23.0 Å². The molecule has 2 heterocycles. The van der Waals surface area contributed by atoms with Crippen LogP contribution >= 0.6 is 0 Å². The molecule has 2 fully saturated rings. The van der Waals surface area contributed by atoms with E-state index in [-0.39, 0.29) is 12.0 Å². The molecule has 2 aliphatic rings. The number of hydrogen-bond acceptors (Lipinski definition) is 3. The van der Waals surface area contributed by atoms with Crippen LogP contribution in [0.3, 0.4) is 0 Å². The van der Waals surface area contributed by atoms with E-state index in [1.165, 1.54) is 0 Å². The van der Waals surface area contributed by atoms with E-state index in [2.05, 4.69) is 0 Å². The average Bonchev–Trinajstić information content (AvgIpc) is 2.23. The SMILES string of the molecule is CC1(C)COC2(CCOCC2C(F)F)OC1. The molecular weight excluding hydrogens is 218 g/mol. The number of halogens is 2. The van der Waals surface area contributed by atoms with Gasteiger partial charge in [0, 0.05) is 11.8 Å². The third kappa shape index (κ3) is 2.21. The summed E-state index contributed by atoms with van der Waals surface area (Å²) in [5, 5.41) is 0. The molecule has 0 aliphatic carbocycles. The maximum absolute atomic E-state index is 12.9. The lowest BCUT2D eigenvalue weighted by Crippen LogP contribution is -2.57. The van der Waals surface area contributed by atoms with Crippen molar-refractivity contribution in [2.24, 2.45) is 11.3 Å². The maximum atomic E-state index is 12.9. The first-order valence-electron chi connectivity index (χ1n) is 5.59. The van der Waals surface area contributed by atoms with Gasteiger partial charge in [-0.3, -0.25) is 0 Å². The van der Waals surface area contributed by atoms with E-state index in [1.807, 2.05) is 13.8 Å². The summed E-state index contributed by atoms with van der Waals surface area (Å²) in [5.41, 5.74) is -0.101. The molecular formula is C11H18F2O3. The first-order chi connectivity index (χ1) is 7.45. The second kappa shape index (κ2) is 4.20. The second-order valence-electron chi connectivity index (χ2n) is 5.32. The largest absolute Gasteiger partial charge is 0.381 e. The molecule has 2 aliphatic heterocycles. The van der Waals surface area contributed by atoms with Crippen molar-refractivity contribution in [3.8, 4) is 0 Å². The zero-order chi connectivity index (χ0) is 11.8. The fourth-order valence-corrected chi connectivity index (χ4v) is 2.08. The fraction of sp³-hybridized carbons (Fsp3) is 1.00. The molecule has 3 nitrogen and oxygen atoms in total. The Bertz CT molecular complexity index is 246. The molecule has 0 bridgehead atoms. The Morgan fingerprint density at radius 1 is 1.19 bits per heavy atom. The van der Waals surface area contributed by atoms with Gasteiger partial charge in [0.2, 0.25) is 6.43 Å². The summed E-state index contributed by atoms with van der Waals surface area (Å²) >= 11 is 0. The highest BCUT2D eigenvalue weighted by molar-refractivity contribution is 4.89. The lowest BCUT2D eigenvalue weighted by atomic mass is 9.89. The third-order valence-corrected chi connectivity index (χ3v) is 3.18. The Hall–Kier alpha value is -0.260. The summed E-state index contributed by atoms with van der Waals surface area (Å²) in [6.07, 6.45) is -2.08. The fourth-order valence-electron chi connectivity index (χ4n) is 2.08. The third-order valence-electron chi connectivity index (χ3n) is 3.18. The standard InChI is InChI=1S/C11H18F2O3/c1-10(2)6-15-11(16-7-10)3-4-14-5-8(11)9(12)13/h8-9H,3-7H2,1-2H3. The molecule has 1 unspecified atom stereocenters. The van der Waals surface area contributed by atoms with Gasteiger partial charge in [-0.2, -0.15) is 0 Å². The highest BCUT2D eigenvalue weighted by Gasteiger charge is 2.52. The smallest absolute Gasteiger partial charge is 0.248 e. The molecule has 94 valence electrons. The van der Waals surface area contributed by atoms with Gasteiger partial charge in [-0.05, 0) is 0 Å². The first kappa shape index (κ1) is 12.2. The van der Waals surface area contributed by atoms with E-state index in [1.54, 1.807) is 0 Å². The van der Waals surface area contributed by atoms with Crippen LogP contribution in [0.1, 0.15) is 20.3 Å². The Labute approximate surface area is 94.0 Å². The summed E-state index contributed by atoms with van der Waals surface area (Å²) in [7, 11) is 0. The predicted molar refractivity (Wildman–Crippen MR) is 53.3 cm³/mol. The van der Waals surface area contributed by atoms with Gasteiger partial charge in [-0.15, -0.1) is 0 Å². The van der Waals surface area contributed by atoms with Crippen molar-refractivity contribution in [3.63, 3.8) is 0 Å². The highest BCUT2D eigenvalue weighted by atomic mass is 19.3. The van der Waals surface area contributed by atoms with Gasteiger partial charge in [0.15, 0.2) is 5.79 Å². The van der Waals surface area contributed by atoms with Gasteiger partial charge < -0.3 is 14.2 Å². The molecule has 0 aromatic rings. The molecule has 0 N–H and O–H groups in total. The number of rotatable bonds is 1. The molecule has 1 spiro atoms. The zero-order valence-electron chi connectivity index (χ0n) is 9.67. The van der Waals surface area contributed by atoms with Crippen LogP contribution in [-0.2, 0) is 14.2 Å². The predicted octanol–water partition coefficient (Wildman–Crippen LogP) is 2.06. The van der Waals surface area contributed by atoms with E-state index < -0.39 is 18.1 Å². The molecule has 0 saturated carbocycles. The van der Waals surface area contributed by atoms with Crippen molar-refractivity contribution in [2.45, 2.75) is 32.5 Å². The topological polar surface area (TPSA) is 27.7 Å². The monoisotopic (exact) mass is 236 g/mol. The van der Waals surface area contributed by atoms with Gasteiger partial charge in [0.1, 0.15) is 0 Å². The lowest BCUT2D eigenvalue weighted by molar-refractivity contribution is -0.357. The Balaban J connectivity index is 2.10. The number of ether oxygens (including phenoxy) is 3. The first-order valence-corrected chi connectivity index (χ1v) is 5.59. The van der Waals surface area contributed by atoms with Crippen molar-refractivity contribution in [2.75, 3.05) is 26.4 Å². The molecule has 1 atom stereocenters. The van der Waals surface area contributed by atoms with E-state index >= 15 is 0 Å². The van der Waals surface area contributed by atoms with Crippen LogP contribution in [0.25, 0.3) is 0 Å². The summed E-state index contributed by atoms with van der Waals surface area (Å²) in [6.45, 7) is 5.33. The van der Waals surface area contributed by atoms with E-state index in [0.717, 1.165) is 0 Å². The summed E-state index contributed by atoms with van der Waals surface area (Å²) < 4.78 is 42.1. The zero-order valence-corrected chi connectivity index (χ0v) is 9.67. The quantitative estimate of drug-likeness (QED) is 0.697. The molecule has 2 saturated heterocycles. The lowest BCUT2D eigenvalue weighted by Gasteiger charge is -2.48. The van der Waals surface area contributed by atoms with Gasteiger partial charge in [0.25, 0.3) is 0 Å². The Morgan fingerprint density at radius 2 is 1.81 bits per heavy atom.